The minimum atomic E-state index is -1.06. The first kappa shape index (κ1) is 13.9. The molecule has 0 aliphatic carbocycles. The van der Waals surface area contributed by atoms with E-state index in [9.17, 15) is 14.9 Å². The summed E-state index contributed by atoms with van der Waals surface area (Å²) in [6.45, 7) is 0. The molecular formula is C10H8N6O5. The summed E-state index contributed by atoms with van der Waals surface area (Å²) in [6.07, 6.45) is 0. The second-order valence-corrected chi connectivity index (χ2v) is 3.63. The van der Waals surface area contributed by atoms with Gasteiger partial charge < -0.3 is 16.3 Å². The van der Waals surface area contributed by atoms with Crippen LogP contribution < -0.4 is 11.5 Å². The maximum atomic E-state index is 11.7. The van der Waals surface area contributed by atoms with Gasteiger partial charge in [-0.05, 0) is 16.4 Å². The number of para-hydroxylation sites is 1. The van der Waals surface area contributed by atoms with Gasteiger partial charge in [0.05, 0.1) is 4.92 Å². The summed E-state index contributed by atoms with van der Waals surface area (Å²) in [5.41, 5.74) is 10.0. The first-order chi connectivity index (χ1) is 10.0. The summed E-state index contributed by atoms with van der Waals surface area (Å²) in [6, 6.07) is 5.23. The highest BCUT2D eigenvalue weighted by Crippen LogP contribution is 2.18. The van der Waals surface area contributed by atoms with E-state index in [0.717, 1.165) is 6.07 Å². The zero-order valence-corrected chi connectivity index (χ0v) is 10.3. The van der Waals surface area contributed by atoms with E-state index in [1.807, 2.05) is 0 Å². The van der Waals surface area contributed by atoms with Gasteiger partial charge in [0.15, 0.2) is 17.3 Å². The zero-order chi connectivity index (χ0) is 15.4. The number of carbonyl (C=O) groups is 1. The predicted octanol–water partition coefficient (Wildman–Crippen LogP) is 0.0373. The molecule has 2 aromatic rings. The molecule has 0 aliphatic rings. The Balaban J connectivity index is 2.20. The van der Waals surface area contributed by atoms with Gasteiger partial charge in [-0.1, -0.05) is 17.3 Å². The van der Waals surface area contributed by atoms with Crippen molar-refractivity contribution in [1.29, 1.82) is 0 Å². The molecule has 11 heteroatoms. The summed E-state index contributed by atoms with van der Waals surface area (Å²) >= 11 is 0. The maximum absolute atomic E-state index is 11.7. The third-order valence-electron chi connectivity index (χ3n) is 2.30. The van der Waals surface area contributed by atoms with Crippen molar-refractivity contribution in [3.05, 3.63) is 45.6 Å². The number of hydrogen-bond acceptors (Lipinski definition) is 9. The zero-order valence-electron chi connectivity index (χ0n) is 10.3. The number of nitro benzene ring substituents is 1. The van der Waals surface area contributed by atoms with Gasteiger partial charge in [0.1, 0.15) is 5.56 Å². The monoisotopic (exact) mass is 292 g/mol. The Bertz CT molecular complexity index is 724. The van der Waals surface area contributed by atoms with Crippen LogP contribution in [0.1, 0.15) is 16.1 Å². The Kier molecular flexibility index (Phi) is 3.74. The normalized spacial score (nSPS) is 11.1. The third-order valence-corrected chi connectivity index (χ3v) is 2.30. The molecule has 4 N–H and O–H groups in total. The number of nitrogens with two attached hydrogens (primary N) is 2. The highest BCUT2D eigenvalue weighted by molar-refractivity contribution is 6.00. The Morgan fingerprint density at radius 3 is 2.71 bits per heavy atom. The fourth-order valence-corrected chi connectivity index (χ4v) is 1.36. The van der Waals surface area contributed by atoms with Gasteiger partial charge in [-0.15, -0.1) is 0 Å². The van der Waals surface area contributed by atoms with Gasteiger partial charge in [0.2, 0.25) is 0 Å². The summed E-state index contributed by atoms with van der Waals surface area (Å²) in [4.78, 5) is 26.3. The van der Waals surface area contributed by atoms with Crippen LogP contribution in [0.15, 0.2) is 34.1 Å². The first-order valence-corrected chi connectivity index (χ1v) is 5.37. The highest BCUT2D eigenvalue weighted by Gasteiger charge is 2.21. The molecule has 0 amide bonds. The van der Waals surface area contributed by atoms with E-state index in [-0.39, 0.29) is 22.9 Å². The van der Waals surface area contributed by atoms with Crippen LogP contribution in [0.3, 0.4) is 0 Å². The van der Waals surface area contributed by atoms with Crippen molar-refractivity contribution >= 4 is 23.3 Å². The molecule has 0 fully saturated rings. The van der Waals surface area contributed by atoms with Crippen molar-refractivity contribution < 1.29 is 19.2 Å². The number of nitrogen functional groups attached to an aromatic ring is 1. The van der Waals surface area contributed by atoms with Crippen LogP contribution in [-0.2, 0) is 4.84 Å². The Morgan fingerprint density at radius 1 is 1.38 bits per heavy atom. The van der Waals surface area contributed by atoms with Crippen molar-refractivity contribution in [3.63, 3.8) is 0 Å². The number of rotatable bonds is 4. The molecule has 0 atom stereocenters. The van der Waals surface area contributed by atoms with Crippen molar-refractivity contribution in [2.75, 3.05) is 5.73 Å². The molecule has 0 bridgehead atoms. The van der Waals surface area contributed by atoms with Crippen LogP contribution in [0.5, 0.6) is 0 Å². The molecule has 1 aromatic carbocycles. The van der Waals surface area contributed by atoms with E-state index in [1.165, 1.54) is 18.2 Å². The van der Waals surface area contributed by atoms with Crippen molar-refractivity contribution in [2.45, 2.75) is 0 Å². The van der Waals surface area contributed by atoms with Gasteiger partial charge in [-0.3, -0.25) is 10.1 Å². The Morgan fingerprint density at radius 2 is 2.10 bits per heavy atom. The van der Waals surface area contributed by atoms with E-state index >= 15 is 0 Å². The number of benzene rings is 1. The SMILES string of the molecule is NC(=NOC(=O)c1ccccc1[N+](=O)[O-])c1nonc1N. The molecular weight excluding hydrogens is 284 g/mol. The van der Waals surface area contributed by atoms with Gasteiger partial charge in [-0.2, -0.15) is 0 Å². The summed E-state index contributed by atoms with van der Waals surface area (Å²) in [5, 5.41) is 20.7. The third kappa shape index (κ3) is 2.91. The number of anilines is 1. The maximum Gasteiger partial charge on any atom is 0.372 e. The van der Waals surface area contributed by atoms with Crippen LogP contribution in [0.4, 0.5) is 11.5 Å². The molecule has 21 heavy (non-hydrogen) atoms. The van der Waals surface area contributed by atoms with Crippen LogP contribution in [0.25, 0.3) is 0 Å². The molecule has 0 radical (unpaired) electrons. The number of amidine groups is 1. The molecule has 11 nitrogen and oxygen atoms in total. The van der Waals surface area contributed by atoms with Crippen molar-refractivity contribution in [2.24, 2.45) is 10.9 Å². The summed E-state index contributed by atoms with van der Waals surface area (Å²) in [5.74, 6) is -1.56. The standard InChI is InChI=1S/C10H8N6O5/c11-8(7-9(12)15-21-13-7)14-20-10(17)5-3-1-2-4-6(5)16(18)19/h1-4H,(H2,11,14)(H2,12,15). The number of carbonyl (C=O) groups excluding carboxylic acids is 1. The lowest BCUT2D eigenvalue weighted by molar-refractivity contribution is -0.385. The quantitative estimate of drug-likeness (QED) is 0.259. The van der Waals surface area contributed by atoms with Gasteiger partial charge in [0.25, 0.3) is 5.69 Å². The molecule has 0 unspecified atom stereocenters. The lowest BCUT2D eigenvalue weighted by Gasteiger charge is -2.00. The van der Waals surface area contributed by atoms with Crippen LogP contribution >= 0.6 is 0 Å². The fourth-order valence-electron chi connectivity index (χ4n) is 1.36. The molecule has 1 aromatic heterocycles. The van der Waals surface area contributed by atoms with E-state index in [1.54, 1.807) is 0 Å². The summed E-state index contributed by atoms with van der Waals surface area (Å²) in [7, 11) is 0. The minimum absolute atomic E-state index is 0.106. The largest absolute Gasteiger partial charge is 0.379 e. The molecule has 0 saturated carbocycles. The minimum Gasteiger partial charge on any atom is -0.379 e. The molecule has 0 spiro atoms. The smallest absolute Gasteiger partial charge is 0.372 e. The van der Waals surface area contributed by atoms with Crippen molar-refractivity contribution in [3.8, 4) is 0 Å². The second kappa shape index (κ2) is 5.64. The van der Waals surface area contributed by atoms with E-state index in [2.05, 4.69) is 24.9 Å². The molecule has 108 valence electrons. The van der Waals surface area contributed by atoms with Crippen LogP contribution in [0.2, 0.25) is 0 Å². The molecule has 1 heterocycles. The van der Waals surface area contributed by atoms with Gasteiger partial charge in [0, 0.05) is 6.07 Å². The average molecular weight is 292 g/mol. The van der Waals surface area contributed by atoms with E-state index in [4.69, 9.17) is 11.5 Å². The number of oxime groups is 1. The van der Waals surface area contributed by atoms with E-state index in [0.29, 0.717) is 0 Å². The predicted molar refractivity (Wildman–Crippen MR) is 67.9 cm³/mol. The number of hydrogen-bond donors (Lipinski definition) is 2. The Labute approximate surface area is 116 Å². The topological polar surface area (TPSA) is 173 Å². The number of nitro groups is 1. The van der Waals surface area contributed by atoms with Crippen LogP contribution in [-0.4, -0.2) is 27.0 Å². The van der Waals surface area contributed by atoms with Crippen molar-refractivity contribution in [1.82, 2.24) is 10.3 Å². The van der Waals surface area contributed by atoms with Gasteiger partial charge in [-0.25, -0.2) is 9.42 Å². The molecule has 0 aliphatic heterocycles. The Hall–Kier alpha value is -3.50. The fraction of sp³-hybridized carbons (Fsp3) is 0. The lowest BCUT2D eigenvalue weighted by Crippen LogP contribution is -2.17. The average Bonchev–Trinajstić information content (AvgIpc) is 2.90. The number of nitrogens with zero attached hydrogens (tertiary/aromatic N) is 4. The van der Waals surface area contributed by atoms with Gasteiger partial charge >= 0.3 is 5.97 Å². The van der Waals surface area contributed by atoms with E-state index < -0.39 is 16.6 Å². The number of aromatic nitrogens is 2. The highest BCUT2D eigenvalue weighted by atomic mass is 16.7. The second-order valence-electron chi connectivity index (χ2n) is 3.63. The first-order valence-electron chi connectivity index (χ1n) is 5.37. The lowest BCUT2D eigenvalue weighted by atomic mass is 10.2. The molecule has 2 rings (SSSR count). The summed E-state index contributed by atoms with van der Waals surface area (Å²) < 4.78 is 4.29. The van der Waals surface area contributed by atoms with Crippen LogP contribution in [0, 0.1) is 10.1 Å². The molecule has 0 saturated heterocycles.